The molecule has 7 heavy (non-hydrogen) atoms. The first kappa shape index (κ1) is 6.91. The summed E-state index contributed by atoms with van der Waals surface area (Å²) in [6, 6.07) is 0. The highest BCUT2D eigenvalue weighted by atomic mass is 79.9. The van der Waals surface area contributed by atoms with Gasteiger partial charge in [0.05, 0.1) is 12.6 Å². The molecule has 0 radical (unpaired) electrons. The van der Waals surface area contributed by atoms with Crippen LogP contribution in [0.3, 0.4) is 0 Å². The van der Waals surface area contributed by atoms with Crippen molar-refractivity contribution < 1.29 is 14.6 Å². The zero-order valence-corrected chi connectivity index (χ0v) is 5.10. The molecule has 0 aromatic rings. The van der Waals surface area contributed by atoms with Crippen molar-refractivity contribution in [3.8, 4) is 0 Å². The molecule has 0 atom stereocenters. The van der Waals surface area contributed by atoms with Gasteiger partial charge in [0.25, 0.3) is 0 Å². The van der Waals surface area contributed by atoms with Crippen LogP contribution in [0.1, 0.15) is 0 Å². The van der Waals surface area contributed by atoms with E-state index in [1.54, 1.807) is 0 Å². The molecule has 0 N–H and O–H groups in total. The fourth-order valence-electron chi connectivity index (χ4n) is 0.122. The molecule has 42 valence electrons. The number of ether oxygens (including phenoxy) is 1. The van der Waals surface area contributed by atoms with Gasteiger partial charge in [-0.05, 0) is 0 Å². The summed E-state index contributed by atoms with van der Waals surface area (Å²) in [4.78, 5) is 9.50. The van der Waals surface area contributed by atoms with E-state index in [1.165, 1.54) is 0 Å². The van der Waals surface area contributed by atoms with E-state index in [4.69, 9.17) is 0 Å². The van der Waals surface area contributed by atoms with Gasteiger partial charge < -0.3 is 14.6 Å². The molecule has 0 aromatic carbocycles. The molecule has 0 aliphatic carbocycles. The molecule has 0 amide bonds. The second kappa shape index (κ2) is 4.08. The molecule has 0 aliphatic heterocycles. The van der Waals surface area contributed by atoms with Gasteiger partial charge in [0.1, 0.15) is 5.52 Å². The lowest BCUT2D eigenvalue weighted by atomic mass is 10.8. The number of alkyl halides is 1. The Morgan fingerprint density at radius 1 is 1.86 bits per heavy atom. The molecule has 0 fully saturated rings. The number of hydrogen-bond acceptors (Lipinski definition) is 3. The zero-order valence-electron chi connectivity index (χ0n) is 3.52. The third-order valence-electron chi connectivity index (χ3n) is 0.297. The zero-order chi connectivity index (χ0) is 5.70. The maximum Gasteiger partial charge on any atom is 0.102 e. The number of hydrogen-bond donors (Lipinski definition) is 0. The molecular formula is C3H4BrO3-. The van der Waals surface area contributed by atoms with Crippen LogP contribution in [0.2, 0.25) is 0 Å². The number of carboxylic acids is 1. The normalized spacial score (nSPS) is 8.71. The molecule has 0 saturated heterocycles. The average Bonchev–Trinajstić information content (AvgIpc) is 1.61. The number of carboxylic acid groups (broad SMARTS) is 1. The smallest absolute Gasteiger partial charge is 0.102 e. The number of carbonyl (C=O) groups is 1. The van der Waals surface area contributed by atoms with Crippen molar-refractivity contribution in [3.05, 3.63) is 0 Å². The van der Waals surface area contributed by atoms with Gasteiger partial charge in [-0.1, -0.05) is 15.9 Å². The Bertz CT molecular complexity index is 63.2. The predicted molar refractivity (Wildman–Crippen MR) is 24.8 cm³/mol. The molecule has 0 aromatic heterocycles. The van der Waals surface area contributed by atoms with Crippen molar-refractivity contribution in [2.24, 2.45) is 0 Å². The van der Waals surface area contributed by atoms with E-state index in [1.807, 2.05) is 0 Å². The average molecular weight is 168 g/mol. The Hall–Kier alpha value is -0.0900. The largest absolute Gasteiger partial charge is 0.548 e. The minimum Gasteiger partial charge on any atom is -0.548 e. The van der Waals surface area contributed by atoms with Gasteiger partial charge in [0, 0.05) is 0 Å². The van der Waals surface area contributed by atoms with Crippen LogP contribution >= 0.6 is 15.9 Å². The Balaban J connectivity index is 2.82. The van der Waals surface area contributed by atoms with E-state index >= 15 is 0 Å². The highest BCUT2D eigenvalue weighted by Crippen LogP contribution is 1.79. The molecule has 0 rings (SSSR count). The molecule has 0 unspecified atom stereocenters. The van der Waals surface area contributed by atoms with Crippen LogP contribution in [0, 0.1) is 0 Å². The van der Waals surface area contributed by atoms with E-state index in [2.05, 4.69) is 20.7 Å². The van der Waals surface area contributed by atoms with Gasteiger partial charge in [-0.25, -0.2) is 0 Å². The number of halogens is 1. The van der Waals surface area contributed by atoms with Crippen LogP contribution in [0.15, 0.2) is 0 Å². The highest BCUT2D eigenvalue weighted by Gasteiger charge is 1.79. The second-order valence-electron chi connectivity index (χ2n) is 0.830. The van der Waals surface area contributed by atoms with Crippen LogP contribution in [-0.4, -0.2) is 18.1 Å². The quantitative estimate of drug-likeness (QED) is 0.513. The summed E-state index contributed by atoms with van der Waals surface area (Å²) in [5.74, 6) is -1.19. The molecule has 0 heterocycles. The topological polar surface area (TPSA) is 49.4 Å². The molecule has 0 aliphatic rings. The first-order valence-corrected chi connectivity index (χ1v) is 2.73. The van der Waals surface area contributed by atoms with Gasteiger partial charge in [-0.2, -0.15) is 0 Å². The number of rotatable bonds is 3. The van der Waals surface area contributed by atoms with E-state index in [0.29, 0.717) is 0 Å². The predicted octanol–water partition coefficient (Wildman–Crippen LogP) is -0.895. The molecule has 3 nitrogen and oxygen atoms in total. The Morgan fingerprint density at radius 3 is 2.57 bits per heavy atom. The van der Waals surface area contributed by atoms with Crippen LogP contribution in [0.5, 0.6) is 0 Å². The Kier molecular flexibility index (Phi) is 4.03. The monoisotopic (exact) mass is 167 g/mol. The summed E-state index contributed by atoms with van der Waals surface area (Å²) >= 11 is 2.86. The summed E-state index contributed by atoms with van der Waals surface area (Å²) < 4.78 is 4.35. The van der Waals surface area contributed by atoms with Crippen molar-refractivity contribution in [2.45, 2.75) is 0 Å². The van der Waals surface area contributed by atoms with Crippen molar-refractivity contribution >= 4 is 21.9 Å². The van der Waals surface area contributed by atoms with Crippen molar-refractivity contribution in [1.82, 2.24) is 0 Å². The van der Waals surface area contributed by atoms with Crippen LogP contribution in [-0.2, 0) is 9.53 Å². The van der Waals surface area contributed by atoms with Gasteiger partial charge in [-0.15, -0.1) is 0 Å². The molecule has 0 bridgehead atoms. The maximum atomic E-state index is 9.50. The van der Waals surface area contributed by atoms with E-state index in [-0.39, 0.29) is 12.1 Å². The van der Waals surface area contributed by atoms with Gasteiger partial charge in [-0.3, -0.25) is 0 Å². The van der Waals surface area contributed by atoms with Crippen molar-refractivity contribution in [2.75, 3.05) is 12.1 Å². The van der Waals surface area contributed by atoms with Gasteiger partial charge >= 0.3 is 0 Å². The van der Waals surface area contributed by atoms with E-state index < -0.39 is 5.97 Å². The van der Waals surface area contributed by atoms with Crippen molar-refractivity contribution in [3.63, 3.8) is 0 Å². The molecule has 4 heteroatoms. The number of carbonyl (C=O) groups excluding carboxylic acids is 1. The van der Waals surface area contributed by atoms with Crippen LogP contribution in [0.25, 0.3) is 0 Å². The summed E-state index contributed by atoms with van der Waals surface area (Å²) in [5.41, 5.74) is 0.237. The molecule has 0 saturated carbocycles. The fourth-order valence-corrected chi connectivity index (χ4v) is 0.284. The Morgan fingerprint density at radius 2 is 2.43 bits per heavy atom. The van der Waals surface area contributed by atoms with Crippen molar-refractivity contribution in [1.29, 1.82) is 0 Å². The lowest BCUT2D eigenvalue weighted by Crippen LogP contribution is -2.27. The third kappa shape index (κ3) is 5.91. The van der Waals surface area contributed by atoms with Crippen LogP contribution in [0.4, 0.5) is 0 Å². The molecular weight excluding hydrogens is 164 g/mol. The summed E-state index contributed by atoms with van der Waals surface area (Å²) in [5, 5.41) is 9.50. The molecule has 0 spiro atoms. The first-order valence-electron chi connectivity index (χ1n) is 1.61. The van der Waals surface area contributed by atoms with E-state index in [9.17, 15) is 9.90 Å². The minimum atomic E-state index is -1.19. The highest BCUT2D eigenvalue weighted by molar-refractivity contribution is 9.09. The standard InChI is InChI=1S/C3H5BrO3/c4-2-7-1-3(5)6/h1-2H2,(H,5,6)/p-1. The lowest BCUT2D eigenvalue weighted by Gasteiger charge is -1.97. The van der Waals surface area contributed by atoms with Gasteiger partial charge in [0.2, 0.25) is 0 Å². The minimum absolute atomic E-state index is 0.237. The SMILES string of the molecule is O=C([O-])COCBr. The second-order valence-corrected chi connectivity index (χ2v) is 1.29. The maximum absolute atomic E-state index is 9.50. The van der Waals surface area contributed by atoms with Gasteiger partial charge in [0.15, 0.2) is 0 Å². The van der Waals surface area contributed by atoms with E-state index in [0.717, 1.165) is 0 Å². The lowest BCUT2D eigenvalue weighted by molar-refractivity contribution is -0.309. The number of aliphatic carboxylic acids is 1. The fraction of sp³-hybridized carbons (Fsp3) is 0.667. The summed E-state index contributed by atoms with van der Waals surface area (Å²) in [6.45, 7) is -0.342. The third-order valence-corrected chi connectivity index (χ3v) is 0.621. The Labute approximate surface area is 49.4 Å². The summed E-state index contributed by atoms with van der Waals surface area (Å²) in [7, 11) is 0. The first-order chi connectivity index (χ1) is 3.27. The van der Waals surface area contributed by atoms with Crippen LogP contribution < -0.4 is 5.11 Å². The summed E-state index contributed by atoms with van der Waals surface area (Å²) in [6.07, 6.45) is 0.